The normalized spacial score (nSPS) is 14.5. The summed E-state index contributed by atoms with van der Waals surface area (Å²) in [4.78, 5) is 13.8. The van der Waals surface area contributed by atoms with Gasteiger partial charge in [-0.1, -0.05) is 133 Å². The molecule has 5 heteroatoms. The highest BCUT2D eigenvalue weighted by molar-refractivity contribution is 6.31. The predicted molar refractivity (Wildman–Crippen MR) is 181 cm³/mol. The Morgan fingerprint density at radius 1 is 0.523 bits per heavy atom. The molecule has 0 aliphatic carbocycles. The molecule has 0 saturated carbocycles. The minimum atomic E-state index is -0.625. The van der Waals surface area contributed by atoms with E-state index in [0.717, 1.165) is 32.9 Å². The van der Waals surface area contributed by atoms with Gasteiger partial charge in [-0.05, 0) is 41.5 Å². The third-order valence-corrected chi connectivity index (χ3v) is 7.54. The third-order valence-electron chi connectivity index (χ3n) is 7.31. The molecule has 0 bridgehead atoms. The average molecular weight is 595 g/mol. The summed E-state index contributed by atoms with van der Waals surface area (Å²) >= 11 is 6.66. The largest absolute Gasteiger partial charge is 0.308 e. The molecular weight excluding hydrogens is 560 g/mol. The fourth-order valence-corrected chi connectivity index (χ4v) is 5.64. The van der Waals surface area contributed by atoms with Gasteiger partial charge in [-0.2, -0.15) is 0 Å². The van der Waals surface area contributed by atoms with E-state index in [0.29, 0.717) is 16.3 Å². The van der Waals surface area contributed by atoms with Gasteiger partial charge in [0.25, 0.3) is 0 Å². The van der Waals surface area contributed by atoms with Gasteiger partial charge in [-0.3, -0.25) is 0 Å². The number of halogens is 1. The summed E-state index contributed by atoms with van der Waals surface area (Å²) in [6, 6.07) is 22.9. The molecule has 0 atom stereocenters. The first kappa shape index (κ1) is 17.5. The van der Waals surface area contributed by atoms with Gasteiger partial charge in [-0.25, -0.2) is 15.0 Å². The molecule has 208 valence electrons. The van der Waals surface area contributed by atoms with E-state index in [1.54, 1.807) is 18.2 Å². The van der Waals surface area contributed by atoms with Gasteiger partial charge in [0.2, 0.25) is 0 Å². The summed E-state index contributed by atoms with van der Waals surface area (Å²) < 4.78 is 86.4. The van der Waals surface area contributed by atoms with E-state index in [1.807, 2.05) is 71.3 Å². The van der Waals surface area contributed by atoms with Crippen LogP contribution in [0, 0.1) is 0 Å². The zero-order valence-electron chi connectivity index (χ0n) is 32.8. The quantitative estimate of drug-likeness (QED) is 0.199. The van der Waals surface area contributed by atoms with Crippen molar-refractivity contribution in [1.82, 2.24) is 19.5 Å². The number of benzene rings is 6. The Kier molecular flexibility index (Phi) is 4.35. The van der Waals surface area contributed by atoms with Crippen molar-refractivity contribution in [2.24, 2.45) is 0 Å². The van der Waals surface area contributed by atoms with Crippen LogP contribution >= 0.6 is 11.6 Å². The molecule has 0 fully saturated rings. The number of aromatic nitrogens is 4. The average Bonchev–Trinajstić information content (AvgIpc) is 3.52. The van der Waals surface area contributed by atoms with Crippen LogP contribution in [0.2, 0.25) is 5.02 Å². The molecule has 44 heavy (non-hydrogen) atoms. The minimum absolute atomic E-state index is 0.0868. The first-order valence-electron chi connectivity index (χ1n) is 18.7. The Balaban J connectivity index is 1.49. The summed E-state index contributed by atoms with van der Waals surface area (Å²) in [5, 5.41) is 2.24. The second-order valence-electron chi connectivity index (χ2n) is 9.89. The van der Waals surface area contributed by atoms with E-state index in [4.69, 9.17) is 25.3 Å². The first-order chi connectivity index (χ1) is 25.9. The second kappa shape index (κ2) is 10.9. The summed E-state index contributed by atoms with van der Waals surface area (Å²) in [5.74, 6) is -0.812. The van der Waals surface area contributed by atoms with Crippen LogP contribution in [0.15, 0.2) is 151 Å². The lowest BCUT2D eigenvalue weighted by atomic mass is 9.99. The molecule has 0 radical (unpaired) electrons. The van der Waals surface area contributed by atoms with Gasteiger partial charge >= 0.3 is 0 Å². The number of rotatable bonds is 5. The Hall–Kier alpha value is -5.58. The number of fused-ring (bicyclic) bond motifs is 3. The highest BCUT2D eigenvalue weighted by Gasteiger charge is 2.21. The van der Waals surface area contributed by atoms with Gasteiger partial charge in [0.05, 0.1) is 30.4 Å². The van der Waals surface area contributed by atoms with Crippen LogP contribution in [0.5, 0.6) is 0 Å². The Morgan fingerprint density at radius 3 is 1.84 bits per heavy atom. The summed E-state index contributed by atoms with van der Waals surface area (Å²) in [7, 11) is 0. The Morgan fingerprint density at radius 2 is 1.14 bits per heavy atom. The zero-order valence-corrected chi connectivity index (χ0v) is 23.6. The molecule has 0 amide bonds. The lowest BCUT2D eigenvalue weighted by Crippen LogP contribution is -2.03. The zero-order chi connectivity index (χ0) is 38.2. The third kappa shape index (κ3) is 4.53. The van der Waals surface area contributed by atoms with E-state index in [1.165, 1.54) is 0 Å². The van der Waals surface area contributed by atoms with Gasteiger partial charge in [-0.15, -0.1) is 0 Å². The second-order valence-corrected chi connectivity index (χ2v) is 10.3. The standard InChI is InChI=1S/C39H25ClN4/c40-29-23-24-34(44-33-21-11-10-19-31(33)36-30(20-12-22-35(36)44)26-13-4-1-5-14-26)32(25-29)39-42-37(27-15-6-2-7-16-27)41-38(43-39)28-17-8-3-9-18-28/h1-25H/i2D,3D,6D,7D,8D,9D,15D,16D,17D,18D. The lowest BCUT2D eigenvalue weighted by molar-refractivity contribution is 1.06. The van der Waals surface area contributed by atoms with Gasteiger partial charge < -0.3 is 4.57 Å². The van der Waals surface area contributed by atoms with Crippen LogP contribution in [0.3, 0.4) is 0 Å². The molecule has 0 saturated heterocycles. The van der Waals surface area contributed by atoms with Gasteiger partial charge in [0.1, 0.15) is 0 Å². The van der Waals surface area contributed by atoms with Crippen LogP contribution < -0.4 is 0 Å². The van der Waals surface area contributed by atoms with E-state index in [2.05, 4.69) is 21.0 Å². The van der Waals surface area contributed by atoms with Crippen LogP contribution in [-0.2, 0) is 0 Å². The van der Waals surface area contributed by atoms with Crippen molar-refractivity contribution in [3.8, 4) is 51.0 Å². The monoisotopic (exact) mass is 594 g/mol. The van der Waals surface area contributed by atoms with Crippen molar-refractivity contribution < 1.29 is 13.7 Å². The predicted octanol–water partition coefficient (Wildman–Crippen LogP) is 10.3. The van der Waals surface area contributed by atoms with Crippen molar-refractivity contribution in [3.63, 3.8) is 0 Å². The number of hydrogen-bond donors (Lipinski definition) is 0. The number of hydrogen-bond acceptors (Lipinski definition) is 3. The van der Waals surface area contributed by atoms with Crippen LogP contribution in [0.25, 0.3) is 72.8 Å². The SMILES string of the molecule is [2H]c1c([2H])c([2H])c(-c2nc(-c3cc(Cl)ccc3-n3c4ccccc4c4c(-c5ccccc5)cccc43)nc(-c3c([2H])c([2H])c([2H])c([2H])c3[2H])n2)c([2H])c1[2H]. The molecule has 6 aromatic carbocycles. The topological polar surface area (TPSA) is 43.6 Å². The van der Waals surface area contributed by atoms with E-state index < -0.39 is 60.4 Å². The van der Waals surface area contributed by atoms with Crippen molar-refractivity contribution in [1.29, 1.82) is 0 Å². The smallest absolute Gasteiger partial charge is 0.166 e. The molecular formula is C39H25ClN4. The molecule has 0 aliphatic heterocycles. The van der Waals surface area contributed by atoms with E-state index in [9.17, 15) is 0 Å². The summed E-state index contributed by atoms with van der Waals surface area (Å²) in [5.41, 5.74) is 3.88. The molecule has 2 heterocycles. The lowest BCUT2D eigenvalue weighted by Gasteiger charge is -2.15. The Labute approximate surface area is 274 Å². The van der Waals surface area contributed by atoms with E-state index in [-0.39, 0.29) is 28.6 Å². The molecule has 0 aliphatic rings. The van der Waals surface area contributed by atoms with Crippen LogP contribution in [0.1, 0.15) is 13.7 Å². The molecule has 8 rings (SSSR count). The molecule has 8 aromatic rings. The molecule has 0 spiro atoms. The first-order valence-corrected chi connectivity index (χ1v) is 14.0. The fraction of sp³-hybridized carbons (Fsp3) is 0. The molecule has 4 nitrogen and oxygen atoms in total. The Bertz CT molecular complexity index is 2720. The van der Waals surface area contributed by atoms with Crippen molar-refractivity contribution in [2.75, 3.05) is 0 Å². The van der Waals surface area contributed by atoms with Crippen molar-refractivity contribution in [2.45, 2.75) is 0 Å². The molecule has 2 aromatic heterocycles. The maximum atomic E-state index is 8.71. The minimum Gasteiger partial charge on any atom is -0.308 e. The maximum absolute atomic E-state index is 8.71. The maximum Gasteiger partial charge on any atom is 0.166 e. The van der Waals surface area contributed by atoms with Crippen LogP contribution in [0.4, 0.5) is 0 Å². The van der Waals surface area contributed by atoms with Gasteiger partial charge in [0, 0.05) is 32.5 Å². The molecule has 0 N–H and O–H groups in total. The molecule has 0 unspecified atom stereocenters. The van der Waals surface area contributed by atoms with Crippen molar-refractivity contribution >= 4 is 33.4 Å². The van der Waals surface area contributed by atoms with Crippen LogP contribution in [-0.4, -0.2) is 19.5 Å². The highest BCUT2D eigenvalue weighted by atomic mass is 35.5. The van der Waals surface area contributed by atoms with Crippen molar-refractivity contribution in [3.05, 3.63) is 156 Å². The highest BCUT2D eigenvalue weighted by Crippen LogP contribution is 2.41. The number of nitrogens with zero attached hydrogens (tertiary/aromatic N) is 4. The summed E-state index contributed by atoms with van der Waals surface area (Å²) in [6.45, 7) is 0. The fourth-order valence-electron chi connectivity index (χ4n) is 5.46. The van der Waals surface area contributed by atoms with E-state index >= 15 is 0 Å². The summed E-state index contributed by atoms with van der Waals surface area (Å²) in [6.07, 6.45) is 0. The van der Waals surface area contributed by atoms with Gasteiger partial charge in [0.15, 0.2) is 17.5 Å². The number of para-hydroxylation sites is 1.